The second kappa shape index (κ2) is 8.32. The number of hydrogen-bond acceptors (Lipinski definition) is 4. The number of nitrogens with zero attached hydrogens (tertiary/aromatic N) is 1. The van der Waals surface area contributed by atoms with Gasteiger partial charge in [-0.05, 0) is 55.7 Å². The average molecular weight is 449 g/mol. The van der Waals surface area contributed by atoms with Gasteiger partial charge in [0.15, 0.2) is 6.61 Å². The third-order valence-corrected chi connectivity index (χ3v) is 5.09. The van der Waals surface area contributed by atoms with E-state index in [0.717, 1.165) is 21.5 Å². The highest BCUT2D eigenvalue weighted by Gasteiger charge is 2.09. The van der Waals surface area contributed by atoms with Gasteiger partial charge in [0.2, 0.25) is 0 Å². The lowest BCUT2D eigenvalue weighted by molar-refractivity contribution is -0.123. The minimum atomic E-state index is -0.395. The summed E-state index contributed by atoms with van der Waals surface area (Å²) >= 11 is 3.34. The van der Waals surface area contributed by atoms with Crippen LogP contribution in [0.3, 0.4) is 0 Å². The molecule has 0 saturated heterocycles. The van der Waals surface area contributed by atoms with Crippen LogP contribution in [0.2, 0.25) is 0 Å². The summed E-state index contributed by atoms with van der Waals surface area (Å²) in [6.45, 7) is -0.166. The van der Waals surface area contributed by atoms with Gasteiger partial charge in [0, 0.05) is 5.56 Å². The van der Waals surface area contributed by atoms with Crippen molar-refractivity contribution in [3.05, 3.63) is 82.8 Å². The second-order valence-electron chi connectivity index (χ2n) is 6.43. The zero-order valence-electron chi connectivity index (χ0n) is 15.3. The molecule has 4 aromatic rings. The number of amides is 1. The monoisotopic (exact) mass is 448 g/mol. The lowest BCUT2D eigenvalue weighted by Crippen LogP contribution is -2.24. The highest BCUT2D eigenvalue weighted by Crippen LogP contribution is 2.33. The van der Waals surface area contributed by atoms with Crippen molar-refractivity contribution < 1.29 is 14.6 Å². The van der Waals surface area contributed by atoms with Gasteiger partial charge in [-0.1, -0.05) is 54.6 Å². The Morgan fingerprint density at radius 2 is 1.72 bits per heavy atom. The summed E-state index contributed by atoms with van der Waals surface area (Å²) in [5.74, 6) is 0.278. The maximum Gasteiger partial charge on any atom is 0.277 e. The van der Waals surface area contributed by atoms with E-state index in [9.17, 15) is 9.90 Å². The highest BCUT2D eigenvalue weighted by molar-refractivity contribution is 9.10. The summed E-state index contributed by atoms with van der Waals surface area (Å²) in [5.41, 5.74) is 2.95. The molecule has 0 saturated carbocycles. The molecule has 4 rings (SSSR count). The summed E-state index contributed by atoms with van der Waals surface area (Å²) in [7, 11) is 0. The summed E-state index contributed by atoms with van der Waals surface area (Å²) in [5, 5.41) is 18.2. The SMILES string of the molecule is O=C(COc1ccc2ccccc2c1)N/N=C\c1c(O)c(Br)cc2ccccc12. The predicted molar refractivity (Wildman–Crippen MR) is 118 cm³/mol. The molecule has 0 aliphatic heterocycles. The Kier molecular flexibility index (Phi) is 5.44. The van der Waals surface area contributed by atoms with Crippen molar-refractivity contribution >= 4 is 49.6 Å². The van der Waals surface area contributed by atoms with Gasteiger partial charge < -0.3 is 9.84 Å². The molecular weight excluding hydrogens is 432 g/mol. The van der Waals surface area contributed by atoms with Crippen molar-refractivity contribution in [2.45, 2.75) is 0 Å². The number of fused-ring (bicyclic) bond motifs is 2. The number of phenols is 1. The Balaban J connectivity index is 1.42. The molecule has 6 heteroatoms. The summed E-state index contributed by atoms with van der Waals surface area (Å²) in [6.07, 6.45) is 1.43. The van der Waals surface area contributed by atoms with Crippen LogP contribution in [0.1, 0.15) is 5.56 Å². The zero-order valence-corrected chi connectivity index (χ0v) is 16.9. The number of aromatic hydroxyl groups is 1. The van der Waals surface area contributed by atoms with Crippen LogP contribution in [0.15, 0.2) is 82.4 Å². The number of hydrazone groups is 1. The third kappa shape index (κ3) is 4.22. The molecule has 0 radical (unpaired) electrons. The topological polar surface area (TPSA) is 70.9 Å². The van der Waals surface area contributed by atoms with Crippen LogP contribution < -0.4 is 10.2 Å². The fourth-order valence-corrected chi connectivity index (χ4v) is 3.53. The number of benzene rings is 4. The first-order chi connectivity index (χ1) is 14.1. The zero-order chi connectivity index (χ0) is 20.2. The molecule has 1 amide bonds. The largest absolute Gasteiger partial charge is 0.506 e. The standard InChI is InChI=1S/C23H17BrN2O3/c24-21-12-17-7-3-4-8-19(17)20(23(21)28)13-25-26-22(27)14-29-18-10-9-15-5-1-2-6-16(15)11-18/h1-13,28H,14H2,(H,26,27)/b25-13-. The van der Waals surface area contributed by atoms with Crippen molar-refractivity contribution in [1.82, 2.24) is 5.43 Å². The summed E-state index contributed by atoms with van der Waals surface area (Å²) in [6, 6.07) is 23.0. The van der Waals surface area contributed by atoms with Crippen molar-refractivity contribution in [2.75, 3.05) is 6.61 Å². The van der Waals surface area contributed by atoms with Gasteiger partial charge in [0.1, 0.15) is 11.5 Å². The Morgan fingerprint density at radius 3 is 2.55 bits per heavy atom. The molecule has 0 aromatic heterocycles. The maximum atomic E-state index is 12.1. The van der Waals surface area contributed by atoms with Crippen LogP contribution in [-0.2, 0) is 4.79 Å². The molecule has 0 bridgehead atoms. The minimum Gasteiger partial charge on any atom is -0.506 e. The number of ether oxygens (including phenoxy) is 1. The first-order valence-corrected chi connectivity index (χ1v) is 9.75. The lowest BCUT2D eigenvalue weighted by Gasteiger charge is -2.08. The normalized spacial score (nSPS) is 11.2. The fraction of sp³-hybridized carbons (Fsp3) is 0.0435. The van der Waals surface area contributed by atoms with E-state index in [-0.39, 0.29) is 12.4 Å². The van der Waals surface area contributed by atoms with E-state index in [0.29, 0.717) is 15.8 Å². The van der Waals surface area contributed by atoms with Crippen molar-refractivity contribution in [3.63, 3.8) is 0 Å². The number of carbonyl (C=O) groups excluding carboxylic acids is 1. The smallest absolute Gasteiger partial charge is 0.277 e. The molecule has 0 atom stereocenters. The molecule has 29 heavy (non-hydrogen) atoms. The van der Waals surface area contributed by atoms with Crippen LogP contribution in [0.5, 0.6) is 11.5 Å². The quantitative estimate of drug-likeness (QED) is 0.333. The van der Waals surface area contributed by atoms with Gasteiger partial charge in [-0.3, -0.25) is 4.79 Å². The molecule has 0 fully saturated rings. The van der Waals surface area contributed by atoms with Gasteiger partial charge in [-0.15, -0.1) is 0 Å². The number of nitrogens with one attached hydrogen (secondary N) is 1. The molecule has 2 N–H and O–H groups in total. The van der Waals surface area contributed by atoms with Crippen LogP contribution in [0.4, 0.5) is 0 Å². The second-order valence-corrected chi connectivity index (χ2v) is 7.29. The molecule has 4 aromatic carbocycles. The van der Waals surface area contributed by atoms with E-state index in [1.54, 1.807) is 0 Å². The Hall–Kier alpha value is -3.38. The number of phenolic OH excluding ortho intramolecular Hbond substituents is 1. The predicted octanol–water partition coefficient (Wildman–Crippen LogP) is 4.99. The van der Waals surface area contributed by atoms with Crippen molar-refractivity contribution in [1.29, 1.82) is 0 Å². The Labute approximate surface area is 175 Å². The fourth-order valence-electron chi connectivity index (χ4n) is 3.07. The maximum absolute atomic E-state index is 12.1. The molecule has 0 spiro atoms. The minimum absolute atomic E-state index is 0.0640. The van der Waals surface area contributed by atoms with Crippen LogP contribution in [-0.4, -0.2) is 23.8 Å². The number of hydrogen-bond donors (Lipinski definition) is 2. The molecule has 0 heterocycles. The molecule has 0 aliphatic rings. The van der Waals surface area contributed by atoms with Gasteiger partial charge in [0.05, 0.1) is 10.7 Å². The average Bonchev–Trinajstić information content (AvgIpc) is 2.74. The van der Waals surface area contributed by atoms with E-state index in [2.05, 4.69) is 26.5 Å². The van der Waals surface area contributed by atoms with E-state index < -0.39 is 5.91 Å². The van der Waals surface area contributed by atoms with Crippen LogP contribution >= 0.6 is 15.9 Å². The molecule has 0 unspecified atom stereocenters. The molecule has 5 nitrogen and oxygen atoms in total. The van der Waals surface area contributed by atoms with Gasteiger partial charge >= 0.3 is 0 Å². The van der Waals surface area contributed by atoms with Gasteiger partial charge in [0.25, 0.3) is 5.91 Å². The van der Waals surface area contributed by atoms with E-state index in [1.165, 1.54) is 6.21 Å². The summed E-state index contributed by atoms with van der Waals surface area (Å²) in [4.78, 5) is 12.1. The molecule has 0 aliphatic carbocycles. The van der Waals surface area contributed by atoms with E-state index in [1.807, 2.05) is 72.8 Å². The molecular formula is C23H17BrN2O3. The van der Waals surface area contributed by atoms with Gasteiger partial charge in [-0.25, -0.2) is 5.43 Å². The van der Waals surface area contributed by atoms with Gasteiger partial charge in [-0.2, -0.15) is 5.10 Å². The van der Waals surface area contributed by atoms with Crippen molar-refractivity contribution in [3.8, 4) is 11.5 Å². The van der Waals surface area contributed by atoms with Crippen molar-refractivity contribution in [2.24, 2.45) is 5.10 Å². The molecule has 144 valence electrons. The first kappa shape index (κ1) is 19.0. The number of rotatable bonds is 5. The lowest BCUT2D eigenvalue weighted by atomic mass is 10.0. The summed E-state index contributed by atoms with van der Waals surface area (Å²) < 4.78 is 6.11. The van der Waals surface area contributed by atoms with E-state index >= 15 is 0 Å². The Bertz CT molecular complexity index is 1240. The van der Waals surface area contributed by atoms with Crippen LogP contribution in [0, 0.1) is 0 Å². The van der Waals surface area contributed by atoms with E-state index in [4.69, 9.17) is 4.74 Å². The first-order valence-electron chi connectivity index (χ1n) is 8.95. The number of halogens is 1. The Morgan fingerprint density at radius 1 is 1.00 bits per heavy atom. The van der Waals surface area contributed by atoms with Crippen LogP contribution in [0.25, 0.3) is 21.5 Å². The highest BCUT2D eigenvalue weighted by atomic mass is 79.9. The third-order valence-electron chi connectivity index (χ3n) is 4.49. The number of carbonyl (C=O) groups is 1.